The molecule has 0 amide bonds. The maximum absolute atomic E-state index is 5.72. The Hall–Kier alpha value is -0.580. The molecule has 2 N–H and O–H groups in total. The van der Waals surface area contributed by atoms with E-state index in [9.17, 15) is 0 Å². The van der Waals surface area contributed by atoms with Crippen LogP contribution in [0.3, 0.4) is 0 Å². The number of halogens is 1. The van der Waals surface area contributed by atoms with E-state index in [0.717, 1.165) is 30.5 Å². The van der Waals surface area contributed by atoms with Crippen molar-refractivity contribution in [2.75, 3.05) is 44.7 Å². The quantitative estimate of drug-likeness (QED) is 0.928. The van der Waals surface area contributed by atoms with Crippen molar-refractivity contribution in [1.29, 1.82) is 0 Å². The Labute approximate surface area is 118 Å². The lowest BCUT2D eigenvalue weighted by atomic mass is 10.1. The molecule has 0 spiro atoms. The summed E-state index contributed by atoms with van der Waals surface area (Å²) in [5.74, 6) is 0. The summed E-state index contributed by atoms with van der Waals surface area (Å²) >= 11 is 3.55. The smallest absolute Gasteiger partial charge is 0.0400 e. The van der Waals surface area contributed by atoms with Crippen molar-refractivity contribution < 1.29 is 0 Å². The first-order valence-corrected chi connectivity index (χ1v) is 7.42. The van der Waals surface area contributed by atoms with Gasteiger partial charge in [-0.05, 0) is 56.7 Å². The van der Waals surface area contributed by atoms with Gasteiger partial charge < -0.3 is 15.5 Å². The fourth-order valence-electron chi connectivity index (χ4n) is 2.51. The molecule has 1 heterocycles. The van der Waals surface area contributed by atoms with Crippen LogP contribution in [0.5, 0.6) is 0 Å². The summed E-state index contributed by atoms with van der Waals surface area (Å²) in [6.07, 6.45) is 2.18. The Morgan fingerprint density at radius 2 is 2.06 bits per heavy atom. The third kappa shape index (κ3) is 3.46. The molecule has 18 heavy (non-hydrogen) atoms. The molecule has 4 heteroatoms. The highest BCUT2D eigenvalue weighted by molar-refractivity contribution is 9.10. The van der Waals surface area contributed by atoms with Crippen molar-refractivity contribution in [3.8, 4) is 0 Å². The van der Waals surface area contributed by atoms with Crippen LogP contribution in [0.4, 0.5) is 5.69 Å². The number of anilines is 1. The Balaban J connectivity index is 2.20. The van der Waals surface area contributed by atoms with Crippen molar-refractivity contribution in [3.63, 3.8) is 0 Å². The monoisotopic (exact) mass is 311 g/mol. The molecule has 0 aromatic heterocycles. The normalized spacial score (nSPS) is 17.8. The maximum Gasteiger partial charge on any atom is 0.0400 e. The third-order valence-corrected chi connectivity index (χ3v) is 4.01. The number of likely N-dealkylation sites (N-methyl/N-ethyl adjacent to an activating group) is 1. The Bertz CT molecular complexity index is 395. The summed E-state index contributed by atoms with van der Waals surface area (Å²) in [5, 5.41) is 0. The second-order valence-electron chi connectivity index (χ2n) is 4.96. The average molecular weight is 312 g/mol. The molecule has 1 fully saturated rings. The van der Waals surface area contributed by atoms with E-state index in [-0.39, 0.29) is 0 Å². The van der Waals surface area contributed by atoms with Gasteiger partial charge in [-0.25, -0.2) is 0 Å². The van der Waals surface area contributed by atoms with Gasteiger partial charge in [0.15, 0.2) is 0 Å². The van der Waals surface area contributed by atoms with Gasteiger partial charge in [-0.3, -0.25) is 0 Å². The van der Waals surface area contributed by atoms with Gasteiger partial charge in [0, 0.05) is 29.8 Å². The van der Waals surface area contributed by atoms with E-state index in [1.165, 1.54) is 24.2 Å². The largest absolute Gasteiger partial charge is 0.370 e. The lowest BCUT2D eigenvalue weighted by molar-refractivity contribution is 0.360. The van der Waals surface area contributed by atoms with Crippen LogP contribution in [0, 0.1) is 0 Å². The topological polar surface area (TPSA) is 32.5 Å². The summed E-state index contributed by atoms with van der Waals surface area (Å²) in [6.45, 7) is 5.29. The average Bonchev–Trinajstić information content (AvgIpc) is 2.55. The van der Waals surface area contributed by atoms with E-state index in [4.69, 9.17) is 5.73 Å². The van der Waals surface area contributed by atoms with Crippen molar-refractivity contribution in [3.05, 3.63) is 28.2 Å². The Kier molecular flexibility index (Phi) is 5.03. The van der Waals surface area contributed by atoms with Crippen LogP contribution in [0.1, 0.15) is 12.0 Å². The number of benzene rings is 1. The van der Waals surface area contributed by atoms with E-state index < -0.39 is 0 Å². The highest BCUT2D eigenvalue weighted by atomic mass is 79.9. The summed E-state index contributed by atoms with van der Waals surface area (Å²) in [7, 11) is 2.20. The van der Waals surface area contributed by atoms with Crippen LogP contribution < -0.4 is 10.6 Å². The second kappa shape index (κ2) is 6.55. The highest BCUT2D eigenvalue weighted by Crippen LogP contribution is 2.26. The van der Waals surface area contributed by atoms with Crippen molar-refractivity contribution in [1.82, 2.24) is 4.90 Å². The third-order valence-electron chi connectivity index (χ3n) is 3.52. The van der Waals surface area contributed by atoms with Gasteiger partial charge in [0.2, 0.25) is 0 Å². The maximum atomic E-state index is 5.72. The minimum Gasteiger partial charge on any atom is -0.370 e. The summed E-state index contributed by atoms with van der Waals surface area (Å²) in [5.41, 5.74) is 8.44. The lowest BCUT2D eigenvalue weighted by Gasteiger charge is -2.25. The van der Waals surface area contributed by atoms with Crippen molar-refractivity contribution in [2.45, 2.75) is 12.8 Å². The lowest BCUT2D eigenvalue weighted by Crippen LogP contribution is -2.29. The molecule has 0 radical (unpaired) electrons. The van der Waals surface area contributed by atoms with Gasteiger partial charge in [0.25, 0.3) is 0 Å². The molecule has 0 aliphatic carbocycles. The summed E-state index contributed by atoms with van der Waals surface area (Å²) in [6, 6.07) is 6.56. The molecule has 0 bridgehead atoms. The predicted octanol–water partition coefficient (Wildman–Crippen LogP) is 2.09. The Morgan fingerprint density at radius 3 is 2.83 bits per heavy atom. The molecule has 2 rings (SSSR count). The van der Waals surface area contributed by atoms with Crippen LogP contribution in [0.15, 0.2) is 22.7 Å². The fourth-order valence-corrected chi connectivity index (χ4v) is 2.91. The van der Waals surface area contributed by atoms with E-state index in [0.29, 0.717) is 6.54 Å². The van der Waals surface area contributed by atoms with Gasteiger partial charge >= 0.3 is 0 Å². The first-order valence-electron chi connectivity index (χ1n) is 6.62. The minimum atomic E-state index is 0.706. The molecule has 3 nitrogen and oxygen atoms in total. The molecule has 1 aromatic rings. The molecule has 1 aliphatic heterocycles. The van der Waals surface area contributed by atoms with Crippen LogP contribution in [-0.4, -0.2) is 44.7 Å². The van der Waals surface area contributed by atoms with Crippen LogP contribution >= 0.6 is 15.9 Å². The summed E-state index contributed by atoms with van der Waals surface area (Å²) in [4.78, 5) is 4.91. The molecule has 0 saturated carbocycles. The zero-order valence-electron chi connectivity index (χ0n) is 11.0. The van der Waals surface area contributed by atoms with Crippen molar-refractivity contribution in [2.24, 2.45) is 5.73 Å². The molecular weight excluding hydrogens is 290 g/mol. The second-order valence-corrected chi connectivity index (χ2v) is 5.87. The van der Waals surface area contributed by atoms with Gasteiger partial charge in [0.05, 0.1) is 0 Å². The Morgan fingerprint density at radius 1 is 1.22 bits per heavy atom. The fraction of sp³-hybridized carbons (Fsp3) is 0.571. The van der Waals surface area contributed by atoms with Crippen LogP contribution in [0.25, 0.3) is 0 Å². The molecule has 0 atom stereocenters. The van der Waals surface area contributed by atoms with E-state index in [1.807, 2.05) is 0 Å². The van der Waals surface area contributed by atoms with Crippen LogP contribution in [0.2, 0.25) is 0 Å². The summed E-state index contributed by atoms with van der Waals surface area (Å²) < 4.78 is 1.14. The number of nitrogens with two attached hydrogens (primary N) is 1. The first-order chi connectivity index (χ1) is 8.70. The van der Waals surface area contributed by atoms with E-state index in [2.05, 4.69) is 51.0 Å². The zero-order chi connectivity index (χ0) is 13.0. The molecule has 1 saturated heterocycles. The zero-order valence-corrected chi connectivity index (χ0v) is 12.6. The molecular formula is C14H22BrN3. The van der Waals surface area contributed by atoms with Gasteiger partial charge in [0.1, 0.15) is 0 Å². The first kappa shape index (κ1) is 13.8. The predicted molar refractivity (Wildman–Crippen MR) is 81.2 cm³/mol. The van der Waals surface area contributed by atoms with E-state index in [1.54, 1.807) is 0 Å². The minimum absolute atomic E-state index is 0.706. The highest BCUT2D eigenvalue weighted by Gasteiger charge is 2.15. The number of hydrogen-bond donors (Lipinski definition) is 1. The molecule has 1 aliphatic rings. The van der Waals surface area contributed by atoms with Gasteiger partial charge in [-0.2, -0.15) is 0 Å². The number of nitrogens with zero attached hydrogens (tertiary/aromatic N) is 2. The SMILES string of the molecule is CN1CCCN(c2ccc(Br)cc2CCN)CC1. The number of hydrogen-bond acceptors (Lipinski definition) is 3. The van der Waals surface area contributed by atoms with Crippen molar-refractivity contribution >= 4 is 21.6 Å². The number of rotatable bonds is 3. The van der Waals surface area contributed by atoms with Crippen LogP contribution in [-0.2, 0) is 6.42 Å². The van der Waals surface area contributed by atoms with E-state index >= 15 is 0 Å². The van der Waals surface area contributed by atoms with Gasteiger partial charge in [-0.15, -0.1) is 0 Å². The standard InChI is InChI=1S/C14H22BrN3/c1-17-7-2-8-18(10-9-17)14-4-3-13(15)11-12(14)5-6-16/h3-4,11H,2,5-10,16H2,1H3. The van der Waals surface area contributed by atoms with Gasteiger partial charge in [-0.1, -0.05) is 15.9 Å². The molecule has 1 aromatic carbocycles. The molecule has 0 unspecified atom stereocenters. The molecule has 100 valence electrons.